The first-order valence-electron chi connectivity index (χ1n) is 5.31. The summed E-state index contributed by atoms with van der Waals surface area (Å²) in [7, 11) is -1.06. The molecule has 0 fully saturated rings. The molecule has 1 aromatic carbocycles. The molecule has 0 spiro atoms. The van der Waals surface area contributed by atoms with Crippen LogP contribution in [-0.2, 0) is 44.2 Å². The maximum atomic E-state index is 7.50. The standard InChI is InChI=1S/C11H16Si.3CO.Cr/c1-12(2,3)11-6-4-5-9-7-8-10(9)11;3*1-2;/h4-6H,7-8H2,1-3H3;;;;/q;;;;+6. The number of hydrogen-bond donors (Lipinski definition) is 0. The van der Waals surface area contributed by atoms with Crippen LogP contribution in [-0.4, -0.2) is 8.07 Å². The Morgan fingerprint density at radius 1 is 0.895 bits per heavy atom. The molecule has 0 aromatic heterocycles. The quantitative estimate of drug-likeness (QED) is 0.434. The summed E-state index contributed by atoms with van der Waals surface area (Å²) in [6, 6.07) is 6.85. The summed E-state index contributed by atoms with van der Waals surface area (Å²) in [6.07, 6.45) is 2.64. The molecule has 0 bridgehead atoms. The van der Waals surface area contributed by atoms with Gasteiger partial charge in [0.1, 0.15) is 0 Å². The van der Waals surface area contributed by atoms with Crippen molar-refractivity contribution in [2.75, 3.05) is 0 Å². The minimum absolute atomic E-state index is 0. The second-order valence-electron chi connectivity index (χ2n) is 4.69. The van der Waals surface area contributed by atoms with E-state index in [1.54, 1.807) is 16.3 Å². The molecule has 19 heavy (non-hydrogen) atoms. The molecule has 0 aliphatic heterocycles. The van der Waals surface area contributed by atoms with Crippen LogP contribution in [0.1, 0.15) is 11.1 Å². The van der Waals surface area contributed by atoms with E-state index in [0.717, 1.165) is 0 Å². The molecule has 0 saturated heterocycles. The van der Waals surface area contributed by atoms with Crippen LogP contribution >= 0.6 is 0 Å². The largest absolute Gasteiger partial charge is 6.00 e. The van der Waals surface area contributed by atoms with Crippen LogP contribution < -0.4 is 5.19 Å². The van der Waals surface area contributed by atoms with E-state index in [4.69, 9.17) is 14.0 Å². The van der Waals surface area contributed by atoms with Gasteiger partial charge in [-0.1, -0.05) is 43.0 Å². The third-order valence-electron chi connectivity index (χ3n) is 2.73. The van der Waals surface area contributed by atoms with Gasteiger partial charge >= 0.3 is 51.3 Å². The van der Waals surface area contributed by atoms with Gasteiger partial charge in [-0.15, -0.1) is 0 Å². The third-order valence-corrected chi connectivity index (χ3v) is 4.81. The zero-order chi connectivity index (χ0) is 14.8. The predicted molar refractivity (Wildman–Crippen MR) is 68.6 cm³/mol. The molecule has 0 unspecified atom stereocenters. The van der Waals surface area contributed by atoms with Crippen molar-refractivity contribution in [1.82, 2.24) is 0 Å². The Bertz CT molecular complexity index is 416. The van der Waals surface area contributed by atoms with E-state index in [1.165, 1.54) is 12.8 Å². The van der Waals surface area contributed by atoms with E-state index in [2.05, 4.69) is 57.8 Å². The summed E-state index contributed by atoms with van der Waals surface area (Å²) in [5, 5.41) is 1.69. The number of hydrogen-bond acceptors (Lipinski definition) is 0. The SMILES string of the molecule is C[Si](C)(C)c1cccc2c1CC2.[C-]#[O+].[C-]#[O+].[C-]#[O+].[Cr+6]. The van der Waals surface area contributed by atoms with Crippen molar-refractivity contribution in [3.05, 3.63) is 49.3 Å². The second kappa shape index (κ2) is 12.2. The molecule has 5 heteroatoms. The fourth-order valence-corrected chi connectivity index (χ4v) is 3.74. The molecule has 1 aliphatic carbocycles. The van der Waals surface area contributed by atoms with Gasteiger partial charge in [0.2, 0.25) is 0 Å². The van der Waals surface area contributed by atoms with Crippen molar-refractivity contribution in [2.24, 2.45) is 0 Å². The van der Waals surface area contributed by atoms with E-state index in [9.17, 15) is 0 Å². The Morgan fingerprint density at radius 2 is 1.37 bits per heavy atom. The molecular weight excluding hydrogens is 296 g/mol. The first kappa shape index (κ1) is 23.3. The molecule has 0 saturated carbocycles. The molecule has 0 amide bonds. The van der Waals surface area contributed by atoms with Gasteiger partial charge < -0.3 is 0 Å². The van der Waals surface area contributed by atoms with Crippen molar-refractivity contribution in [3.8, 4) is 0 Å². The first-order chi connectivity index (χ1) is 8.59. The number of aryl methyl sites for hydroxylation is 1. The molecule has 2 rings (SSSR count). The molecule has 0 heterocycles. The zero-order valence-corrected chi connectivity index (χ0v) is 13.6. The topological polar surface area (TPSA) is 59.7 Å². The van der Waals surface area contributed by atoms with Gasteiger partial charge in [0.25, 0.3) is 0 Å². The summed E-state index contributed by atoms with van der Waals surface area (Å²) in [4.78, 5) is 0. The van der Waals surface area contributed by atoms with E-state index in [-0.39, 0.29) is 17.4 Å². The van der Waals surface area contributed by atoms with Crippen molar-refractivity contribution in [3.63, 3.8) is 0 Å². The Kier molecular flexibility index (Phi) is 15.0. The molecule has 0 atom stereocenters. The Labute approximate surface area is 126 Å². The number of benzene rings is 1. The Morgan fingerprint density at radius 3 is 1.63 bits per heavy atom. The first-order valence-corrected chi connectivity index (χ1v) is 8.81. The zero-order valence-electron chi connectivity index (χ0n) is 11.3. The van der Waals surface area contributed by atoms with Crippen molar-refractivity contribution >= 4 is 13.3 Å². The molecular formula is C14H16CrO3Si+6. The molecule has 94 valence electrons. The summed E-state index contributed by atoms with van der Waals surface area (Å²) >= 11 is 0. The van der Waals surface area contributed by atoms with E-state index < -0.39 is 8.07 Å². The van der Waals surface area contributed by atoms with Crippen LogP contribution in [0, 0.1) is 20.0 Å². The summed E-state index contributed by atoms with van der Waals surface area (Å²) in [5.41, 5.74) is 3.28. The van der Waals surface area contributed by atoms with Crippen LogP contribution in [0.15, 0.2) is 18.2 Å². The summed E-state index contributed by atoms with van der Waals surface area (Å²) in [6.45, 7) is 20.8. The van der Waals surface area contributed by atoms with Crippen LogP contribution in [0.2, 0.25) is 19.6 Å². The van der Waals surface area contributed by atoms with Gasteiger partial charge in [0.05, 0.1) is 8.07 Å². The van der Waals surface area contributed by atoms with E-state index >= 15 is 0 Å². The second-order valence-corrected chi connectivity index (χ2v) is 9.73. The van der Waals surface area contributed by atoms with Crippen LogP contribution in [0.3, 0.4) is 0 Å². The van der Waals surface area contributed by atoms with Gasteiger partial charge in [-0.25, -0.2) is 0 Å². The molecule has 3 nitrogen and oxygen atoms in total. The van der Waals surface area contributed by atoms with Crippen molar-refractivity contribution in [2.45, 2.75) is 32.5 Å². The minimum atomic E-state index is -1.06. The fraction of sp³-hybridized carbons (Fsp3) is 0.357. The monoisotopic (exact) mass is 312 g/mol. The summed E-state index contributed by atoms with van der Waals surface area (Å²) in [5.74, 6) is 0. The third kappa shape index (κ3) is 6.78. The molecule has 1 aromatic rings. The van der Waals surface area contributed by atoms with Gasteiger partial charge in [-0.05, 0) is 24.0 Å². The minimum Gasteiger partial charge on any atom is 6.00 e. The van der Waals surface area contributed by atoms with Crippen molar-refractivity contribution in [1.29, 1.82) is 0 Å². The molecule has 1 aliphatic rings. The van der Waals surface area contributed by atoms with Gasteiger partial charge in [0.15, 0.2) is 0 Å². The van der Waals surface area contributed by atoms with Crippen LogP contribution in [0.4, 0.5) is 0 Å². The summed E-state index contributed by atoms with van der Waals surface area (Å²) < 4.78 is 22.5. The maximum absolute atomic E-state index is 7.50. The average molecular weight is 312 g/mol. The van der Waals surface area contributed by atoms with Crippen molar-refractivity contribution < 1.29 is 31.3 Å². The van der Waals surface area contributed by atoms with E-state index in [0.29, 0.717) is 0 Å². The van der Waals surface area contributed by atoms with Gasteiger partial charge in [0, 0.05) is 0 Å². The maximum Gasteiger partial charge on any atom is 6.00 e. The normalized spacial score (nSPS) is 9.95. The number of fused-ring (bicyclic) bond motifs is 1. The van der Waals surface area contributed by atoms with Gasteiger partial charge in [-0.2, -0.15) is 0 Å². The number of rotatable bonds is 1. The van der Waals surface area contributed by atoms with Crippen LogP contribution in [0.5, 0.6) is 0 Å². The Hall–Kier alpha value is -0.811. The molecule has 0 N–H and O–H groups in total. The van der Waals surface area contributed by atoms with Gasteiger partial charge in [-0.3, -0.25) is 0 Å². The average Bonchev–Trinajstić information content (AvgIpc) is 2.37. The molecule has 0 radical (unpaired) electrons. The predicted octanol–water partition coefficient (Wildman–Crippen LogP) is 2.22. The van der Waals surface area contributed by atoms with E-state index in [1.807, 2.05) is 0 Å². The van der Waals surface area contributed by atoms with Crippen LogP contribution in [0.25, 0.3) is 0 Å². The Balaban J connectivity index is -0.000000325. The smallest absolute Gasteiger partial charge is 6.00 e. The fourth-order valence-electron chi connectivity index (χ4n) is 1.95.